The number of carbonyl (C=O) groups excluding carboxylic acids is 3. The minimum absolute atomic E-state index is 0.0953. The van der Waals surface area contributed by atoms with Crippen molar-refractivity contribution in [2.75, 3.05) is 13.2 Å². The second-order valence-corrected chi connectivity index (χ2v) is 20.9. The largest absolute Gasteiger partial charge is 0.462 e. The average Bonchev–Trinajstić information content (AvgIpc) is 3.42. The van der Waals surface area contributed by atoms with Gasteiger partial charge in [-0.05, 0) is 103 Å². The zero-order valence-electron chi connectivity index (χ0n) is 49.7. The third-order valence-electron chi connectivity index (χ3n) is 13.5. The van der Waals surface area contributed by atoms with E-state index in [1.807, 2.05) is 0 Å². The van der Waals surface area contributed by atoms with E-state index in [0.29, 0.717) is 19.3 Å². The van der Waals surface area contributed by atoms with Gasteiger partial charge in [0.1, 0.15) is 13.2 Å². The van der Waals surface area contributed by atoms with Crippen LogP contribution in [0.5, 0.6) is 0 Å². The highest BCUT2D eigenvalue weighted by Gasteiger charge is 2.19. The van der Waals surface area contributed by atoms with Gasteiger partial charge >= 0.3 is 17.9 Å². The molecule has 6 nitrogen and oxygen atoms in total. The molecule has 0 heterocycles. The molecule has 434 valence electrons. The van der Waals surface area contributed by atoms with Crippen LogP contribution in [0.1, 0.15) is 297 Å². The van der Waals surface area contributed by atoms with Gasteiger partial charge in [0.05, 0.1) is 0 Å². The average molecular weight is 1060 g/mol. The molecule has 0 aromatic rings. The van der Waals surface area contributed by atoms with Crippen LogP contribution in [0.4, 0.5) is 0 Å². The molecule has 0 saturated heterocycles. The maximum Gasteiger partial charge on any atom is 0.306 e. The van der Waals surface area contributed by atoms with Crippen molar-refractivity contribution in [1.29, 1.82) is 0 Å². The number of unbranched alkanes of at least 4 members (excludes halogenated alkanes) is 28. The van der Waals surface area contributed by atoms with E-state index in [1.54, 1.807) is 0 Å². The lowest BCUT2D eigenvalue weighted by Gasteiger charge is -2.18. The maximum absolute atomic E-state index is 12.9. The SMILES string of the molecule is CC/C=C\C/C=C\C/C=C\C/C=C\C/C=C\C/C=C\C/C=C\C/C=C\CCCCC(=O)OCC(COC(=O)CCCCCCC/C=C\CCC)OC(=O)CCCCCCCCCCCCCCCCCCCCCCC. The molecule has 1 unspecified atom stereocenters. The summed E-state index contributed by atoms with van der Waals surface area (Å²) < 4.78 is 16.8. The zero-order valence-corrected chi connectivity index (χ0v) is 49.7. The van der Waals surface area contributed by atoms with E-state index in [4.69, 9.17) is 14.2 Å². The standard InChI is InChI=1S/C70H118O6/c1-4-7-10-13-16-19-22-24-26-28-30-32-33-34-35-36-37-39-40-42-44-46-48-51-54-57-60-63-69(72)75-66-67(65-74-68(71)62-59-56-53-50-21-18-15-12-9-6-3)76-70(73)64-61-58-55-52-49-47-45-43-41-38-31-29-27-25-23-20-17-14-11-8-5-2/h7,10,12,15-16,19,24,26,30,32,34-35,37,39,42,44,48,51,67H,4-6,8-9,11,13-14,17-18,20-23,25,27-29,31,33,36,38,40-41,43,45-47,49-50,52-66H2,1-3H3/b10-7-,15-12-,19-16-,26-24-,32-30-,35-34-,39-37-,44-42-,51-48-. The molecule has 0 fully saturated rings. The van der Waals surface area contributed by atoms with Crippen molar-refractivity contribution in [2.24, 2.45) is 0 Å². The summed E-state index contributed by atoms with van der Waals surface area (Å²) in [6.07, 6.45) is 86.8. The Morgan fingerprint density at radius 1 is 0.276 bits per heavy atom. The van der Waals surface area contributed by atoms with Crippen molar-refractivity contribution in [2.45, 2.75) is 303 Å². The fourth-order valence-electron chi connectivity index (χ4n) is 8.76. The highest BCUT2D eigenvalue weighted by atomic mass is 16.6. The Morgan fingerprint density at radius 3 is 0.895 bits per heavy atom. The fraction of sp³-hybridized carbons (Fsp3) is 0.700. The summed E-state index contributed by atoms with van der Waals surface area (Å²) in [4.78, 5) is 38.2. The Kier molecular flexibility index (Phi) is 60.3. The van der Waals surface area contributed by atoms with Gasteiger partial charge in [-0.1, -0.05) is 284 Å². The number of esters is 3. The molecule has 0 N–H and O–H groups in total. The van der Waals surface area contributed by atoms with Crippen molar-refractivity contribution in [3.05, 3.63) is 109 Å². The van der Waals surface area contributed by atoms with Crippen molar-refractivity contribution in [3.63, 3.8) is 0 Å². The van der Waals surface area contributed by atoms with Crippen LogP contribution in [-0.4, -0.2) is 37.2 Å². The third kappa shape index (κ3) is 60.9. The minimum Gasteiger partial charge on any atom is -0.462 e. The summed E-state index contributed by atoms with van der Waals surface area (Å²) in [6.45, 7) is 6.44. The van der Waals surface area contributed by atoms with Gasteiger partial charge in [-0.2, -0.15) is 0 Å². The smallest absolute Gasteiger partial charge is 0.306 e. The predicted octanol–water partition coefficient (Wildman–Crippen LogP) is 21.8. The summed E-state index contributed by atoms with van der Waals surface area (Å²) in [5.74, 6) is -0.943. The topological polar surface area (TPSA) is 78.9 Å². The van der Waals surface area contributed by atoms with Gasteiger partial charge in [-0.25, -0.2) is 0 Å². The molecule has 0 rings (SSSR count). The first-order valence-electron chi connectivity index (χ1n) is 31.9. The van der Waals surface area contributed by atoms with Crippen LogP contribution in [-0.2, 0) is 28.6 Å². The maximum atomic E-state index is 12.9. The number of rotatable bonds is 57. The first-order valence-corrected chi connectivity index (χ1v) is 31.9. The van der Waals surface area contributed by atoms with E-state index >= 15 is 0 Å². The summed E-state index contributed by atoms with van der Waals surface area (Å²) in [5, 5.41) is 0. The Labute approximate surface area is 470 Å². The Bertz CT molecular complexity index is 1540. The predicted molar refractivity (Wildman–Crippen MR) is 330 cm³/mol. The molecule has 0 amide bonds. The number of carbonyl (C=O) groups is 3. The van der Waals surface area contributed by atoms with E-state index in [-0.39, 0.29) is 31.1 Å². The normalized spacial score (nSPS) is 12.8. The van der Waals surface area contributed by atoms with Crippen LogP contribution >= 0.6 is 0 Å². The van der Waals surface area contributed by atoms with Crippen LogP contribution in [0, 0.1) is 0 Å². The number of ether oxygens (including phenoxy) is 3. The summed E-state index contributed by atoms with van der Waals surface area (Å²) in [6, 6.07) is 0. The number of hydrogen-bond donors (Lipinski definition) is 0. The highest BCUT2D eigenvalue weighted by Crippen LogP contribution is 2.17. The third-order valence-corrected chi connectivity index (χ3v) is 13.5. The van der Waals surface area contributed by atoms with Crippen molar-refractivity contribution >= 4 is 17.9 Å². The molecule has 0 aromatic heterocycles. The van der Waals surface area contributed by atoms with Crippen LogP contribution in [0.3, 0.4) is 0 Å². The quantitative estimate of drug-likeness (QED) is 0.0261. The van der Waals surface area contributed by atoms with E-state index in [1.165, 1.54) is 128 Å². The van der Waals surface area contributed by atoms with E-state index < -0.39 is 6.10 Å². The Balaban J connectivity index is 4.34. The van der Waals surface area contributed by atoms with Gasteiger partial charge in [0, 0.05) is 19.3 Å². The molecule has 1 atom stereocenters. The van der Waals surface area contributed by atoms with Crippen molar-refractivity contribution in [1.82, 2.24) is 0 Å². The van der Waals surface area contributed by atoms with Crippen LogP contribution in [0.25, 0.3) is 0 Å². The molecule has 0 aliphatic carbocycles. The van der Waals surface area contributed by atoms with E-state index in [9.17, 15) is 14.4 Å². The van der Waals surface area contributed by atoms with Crippen molar-refractivity contribution in [3.8, 4) is 0 Å². The highest BCUT2D eigenvalue weighted by molar-refractivity contribution is 5.71. The molecule has 0 spiro atoms. The molecule has 0 bridgehead atoms. The summed E-state index contributed by atoms with van der Waals surface area (Å²) in [7, 11) is 0. The van der Waals surface area contributed by atoms with Gasteiger partial charge < -0.3 is 14.2 Å². The fourth-order valence-corrected chi connectivity index (χ4v) is 8.76. The molecule has 76 heavy (non-hydrogen) atoms. The number of allylic oxidation sites excluding steroid dienone is 18. The van der Waals surface area contributed by atoms with Crippen LogP contribution in [0.15, 0.2) is 109 Å². The Morgan fingerprint density at radius 2 is 0.539 bits per heavy atom. The first-order chi connectivity index (χ1) is 37.5. The summed E-state index contributed by atoms with van der Waals surface area (Å²) >= 11 is 0. The van der Waals surface area contributed by atoms with Crippen LogP contribution in [0.2, 0.25) is 0 Å². The van der Waals surface area contributed by atoms with Gasteiger partial charge in [-0.3, -0.25) is 14.4 Å². The second-order valence-electron chi connectivity index (χ2n) is 20.9. The lowest BCUT2D eigenvalue weighted by atomic mass is 10.0. The molecule has 0 saturated carbocycles. The first kappa shape index (κ1) is 72.1. The van der Waals surface area contributed by atoms with Gasteiger partial charge in [-0.15, -0.1) is 0 Å². The molecule has 0 aromatic carbocycles. The second kappa shape index (κ2) is 63.6. The monoisotopic (exact) mass is 1050 g/mol. The zero-order chi connectivity index (χ0) is 55.0. The lowest BCUT2D eigenvalue weighted by Crippen LogP contribution is -2.30. The van der Waals surface area contributed by atoms with E-state index in [0.717, 1.165) is 128 Å². The molecular formula is C70H118O6. The molecule has 0 radical (unpaired) electrons. The van der Waals surface area contributed by atoms with E-state index in [2.05, 4.69) is 130 Å². The van der Waals surface area contributed by atoms with Crippen molar-refractivity contribution < 1.29 is 28.6 Å². The van der Waals surface area contributed by atoms with Crippen LogP contribution < -0.4 is 0 Å². The molecule has 0 aliphatic rings. The Hall–Kier alpha value is -3.93. The van der Waals surface area contributed by atoms with Gasteiger partial charge in [0.2, 0.25) is 0 Å². The number of hydrogen-bond acceptors (Lipinski definition) is 6. The minimum atomic E-state index is -0.800. The lowest BCUT2D eigenvalue weighted by molar-refractivity contribution is -0.167. The van der Waals surface area contributed by atoms with Gasteiger partial charge in [0.15, 0.2) is 6.10 Å². The molecule has 0 aliphatic heterocycles. The molecule has 6 heteroatoms. The molecular weight excluding hydrogens is 937 g/mol. The summed E-state index contributed by atoms with van der Waals surface area (Å²) in [5.41, 5.74) is 0. The van der Waals surface area contributed by atoms with Gasteiger partial charge in [0.25, 0.3) is 0 Å².